The Hall–Kier alpha value is -3.42. The first kappa shape index (κ1) is 17.4. The highest BCUT2D eigenvalue weighted by Gasteiger charge is 2.19. The summed E-state index contributed by atoms with van der Waals surface area (Å²) in [6.45, 7) is 1.24. The fraction of sp³-hybridized carbons (Fsp3) is 0.222. The summed E-state index contributed by atoms with van der Waals surface area (Å²) in [5, 5.41) is 10.4. The van der Waals surface area contributed by atoms with Crippen LogP contribution in [-0.2, 0) is 20.9 Å². The second-order valence-electron chi connectivity index (χ2n) is 5.51. The van der Waals surface area contributed by atoms with Gasteiger partial charge < -0.3 is 18.9 Å². The van der Waals surface area contributed by atoms with Crippen molar-refractivity contribution in [3.63, 3.8) is 0 Å². The molecule has 134 valence electrons. The highest BCUT2D eigenvalue weighted by atomic mass is 16.5. The molecule has 1 N–H and O–H groups in total. The lowest BCUT2D eigenvalue weighted by Crippen LogP contribution is -2.28. The normalized spacial score (nSPS) is 11.7. The molecule has 0 saturated heterocycles. The minimum atomic E-state index is -0.495. The van der Waals surface area contributed by atoms with Crippen LogP contribution in [0.4, 0.5) is 0 Å². The molecule has 2 aromatic heterocycles. The van der Waals surface area contributed by atoms with E-state index in [0.717, 1.165) is 5.56 Å². The molecule has 0 radical (unpaired) electrons. The molecule has 2 heterocycles. The summed E-state index contributed by atoms with van der Waals surface area (Å²) in [6.07, 6.45) is 1.48. The van der Waals surface area contributed by atoms with Crippen molar-refractivity contribution < 1.29 is 23.2 Å². The fourth-order valence-electron chi connectivity index (χ4n) is 2.36. The molecule has 0 aliphatic rings. The topological polar surface area (TPSA) is 107 Å². The highest BCUT2D eigenvalue weighted by molar-refractivity contribution is 5.76. The molecular weight excluding hydrogens is 338 g/mol. The van der Waals surface area contributed by atoms with Gasteiger partial charge >= 0.3 is 5.97 Å². The maximum atomic E-state index is 12.1. The van der Waals surface area contributed by atoms with Crippen LogP contribution < -0.4 is 5.32 Å². The number of hydrogen-bond donors (Lipinski definition) is 1. The number of amides is 1. The number of nitrogens with zero attached hydrogens (tertiary/aromatic N) is 2. The predicted molar refractivity (Wildman–Crippen MR) is 89.4 cm³/mol. The van der Waals surface area contributed by atoms with Crippen LogP contribution in [-0.4, -0.2) is 22.1 Å². The third-order valence-electron chi connectivity index (χ3n) is 3.51. The van der Waals surface area contributed by atoms with Gasteiger partial charge in [-0.05, 0) is 17.7 Å². The Morgan fingerprint density at radius 3 is 2.65 bits per heavy atom. The molecule has 3 aromatic rings. The zero-order valence-corrected chi connectivity index (χ0v) is 14.0. The van der Waals surface area contributed by atoms with Crippen molar-refractivity contribution in [3.05, 3.63) is 60.2 Å². The van der Waals surface area contributed by atoms with E-state index in [1.165, 1.54) is 13.2 Å². The molecule has 0 unspecified atom stereocenters. The Morgan fingerprint density at radius 2 is 1.96 bits per heavy atom. The van der Waals surface area contributed by atoms with Crippen LogP contribution in [0.25, 0.3) is 11.7 Å². The maximum Gasteiger partial charge on any atom is 0.308 e. The second-order valence-corrected chi connectivity index (χ2v) is 5.51. The Morgan fingerprint density at radius 1 is 1.15 bits per heavy atom. The second kappa shape index (κ2) is 8.11. The first-order valence-corrected chi connectivity index (χ1v) is 7.96. The molecule has 1 aromatic carbocycles. The van der Waals surface area contributed by atoms with Gasteiger partial charge in [0.2, 0.25) is 5.91 Å². The van der Waals surface area contributed by atoms with Gasteiger partial charge in [0, 0.05) is 6.92 Å². The van der Waals surface area contributed by atoms with Gasteiger partial charge in [-0.3, -0.25) is 9.59 Å². The Kier molecular flexibility index (Phi) is 5.43. The van der Waals surface area contributed by atoms with Crippen LogP contribution in [0.3, 0.4) is 0 Å². The zero-order valence-electron chi connectivity index (χ0n) is 14.0. The van der Waals surface area contributed by atoms with Gasteiger partial charge in [0.05, 0.1) is 18.7 Å². The van der Waals surface area contributed by atoms with Gasteiger partial charge in [-0.1, -0.05) is 30.3 Å². The molecule has 26 heavy (non-hydrogen) atoms. The number of aromatic nitrogens is 2. The standard InChI is InChI=1S/C18H17N3O5/c1-12(22)19-14(13-6-3-2-4-7-13)10-17(23)25-11-16-20-21-18(26-16)15-8-5-9-24-15/h2-9,14H,10-11H2,1H3,(H,19,22)/t14-/m0/s1. The van der Waals surface area contributed by atoms with Gasteiger partial charge in [-0.2, -0.15) is 0 Å². The van der Waals surface area contributed by atoms with Crippen LogP contribution in [0.1, 0.15) is 30.8 Å². The van der Waals surface area contributed by atoms with E-state index in [9.17, 15) is 9.59 Å². The lowest BCUT2D eigenvalue weighted by atomic mass is 10.0. The number of carbonyl (C=O) groups excluding carboxylic acids is 2. The molecule has 0 aliphatic heterocycles. The number of rotatable bonds is 7. The first-order valence-electron chi connectivity index (χ1n) is 7.96. The summed E-state index contributed by atoms with van der Waals surface area (Å²) in [6, 6.07) is 12.1. The van der Waals surface area contributed by atoms with E-state index in [1.54, 1.807) is 12.1 Å². The molecule has 0 bridgehead atoms. The molecule has 0 spiro atoms. The number of benzene rings is 1. The highest BCUT2D eigenvalue weighted by Crippen LogP contribution is 2.19. The zero-order chi connectivity index (χ0) is 18.4. The third kappa shape index (κ3) is 4.56. The van der Waals surface area contributed by atoms with Crippen LogP contribution >= 0.6 is 0 Å². The number of furan rings is 1. The summed E-state index contributed by atoms with van der Waals surface area (Å²) in [5.74, 6) is 0.0730. The van der Waals surface area contributed by atoms with Crippen molar-refractivity contribution in [2.24, 2.45) is 0 Å². The van der Waals surface area contributed by atoms with Gasteiger partial charge in [0.15, 0.2) is 12.4 Å². The van der Waals surface area contributed by atoms with Gasteiger partial charge in [-0.15, -0.1) is 10.2 Å². The van der Waals surface area contributed by atoms with Crippen molar-refractivity contribution in [2.45, 2.75) is 26.0 Å². The number of carbonyl (C=O) groups is 2. The molecular formula is C18H17N3O5. The molecule has 0 fully saturated rings. The van der Waals surface area contributed by atoms with E-state index in [0.29, 0.717) is 5.76 Å². The van der Waals surface area contributed by atoms with E-state index < -0.39 is 12.0 Å². The van der Waals surface area contributed by atoms with E-state index in [-0.39, 0.29) is 30.7 Å². The van der Waals surface area contributed by atoms with Crippen LogP contribution in [0, 0.1) is 0 Å². The minimum Gasteiger partial charge on any atom is -0.459 e. The summed E-state index contributed by atoms with van der Waals surface area (Å²) in [4.78, 5) is 23.5. The molecule has 1 atom stereocenters. The third-order valence-corrected chi connectivity index (χ3v) is 3.51. The molecule has 0 saturated carbocycles. The van der Waals surface area contributed by atoms with E-state index >= 15 is 0 Å². The number of hydrogen-bond acceptors (Lipinski definition) is 7. The molecule has 8 heteroatoms. The van der Waals surface area contributed by atoms with E-state index in [4.69, 9.17) is 13.6 Å². The van der Waals surface area contributed by atoms with Crippen molar-refractivity contribution >= 4 is 11.9 Å². The smallest absolute Gasteiger partial charge is 0.308 e. The van der Waals surface area contributed by atoms with Crippen molar-refractivity contribution in [3.8, 4) is 11.7 Å². The number of nitrogens with one attached hydrogen (secondary N) is 1. The molecule has 0 aliphatic carbocycles. The van der Waals surface area contributed by atoms with E-state index in [1.807, 2.05) is 30.3 Å². The Balaban J connectivity index is 1.57. The van der Waals surface area contributed by atoms with Crippen LogP contribution in [0.5, 0.6) is 0 Å². The van der Waals surface area contributed by atoms with E-state index in [2.05, 4.69) is 15.5 Å². The largest absolute Gasteiger partial charge is 0.459 e. The minimum absolute atomic E-state index is 0.0111. The van der Waals surface area contributed by atoms with Crippen molar-refractivity contribution in [2.75, 3.05) is 0 Å². The number of esters is 1. The van der Waals surface area contributed by atoms with Crippen LogP contribution in [0.2, 0.25) is 0 Å². The lowest BCUT2D eigenvalue weighted by molar-refractivity contribution is -0.146. The summed E-state index contributed by atoms with van der Waals surface area (Å²) < 4.78 is 15.7. The molecule has 1 amide bonds. The average Bonchev–Trinajstić information content (AvgIpc) is 3.31. The monoisotopic (exact) mass is 355 g/mol. The quantitative estimate of drug-likeness (QED) is 0.649. The first-order chi connectivity index (χ1) is 12.6. The Bertz CT molecular complexity index is 858. The molecule has 8 nitrogen and oxygen atoms in total. The summed E-state index contributed by atoms with van der Waals surface area (Å²) >= 11 is 0. The van der Waals surface area contributed by atoms with Gasteiger partial charge in [-0.25, -0.2) is 0 Å². The Labute approximate surface area is 149 Å². The predicted octanol–water partition coefficient (Wildman–Crippen LogP) is 2.64. The van der Waals surface area contributed by atoms with Crippen LogP contribution in [0.15, 0.2) is 57.6 Å². The van der Waals surface area contributed by atoms with Crippen molar-refractivity contribution in [1.82, 2.24) is 15.5 Å². The summed E-state index contributed by atoms with van der Waals surface area (Å²) in [7, 11) is 0. The fourth-order valence-corrected chi connectivity index (χ4v) is 2.36. The van der Waals surface area contributed by atoms with Gasteiger partial charge in [0.1, 0.15) is 0 Å². The van der Waals surface area contributed by atoms with Gasteiger partial charge in [0.25, 0.3) is 11.8 Å². The molecule has 3 rings (SSSR count). The summed E-state index contributed by atoms with van der Waals surface area (Å²) in [5.41, 5.74) is 0.817. The lowest BCUT2D eigenvalue weighted by Gasteiger charge is -2.17. The maximum absolute atomic E-state index is 12.1. The van der Waals surface area contributed by atoms with Crippen molar-refractivity contribution in [1.29, 1.82) is 0 Å². The average molecular weight is 355 g/mol. The SMILES string of the molecule is CC(=O)N[C@@H](CC(=O)OCc1nnc(-c2ccco2)o1)c1ccccc1. The number of ether oxygens (including phenoxy) is 1.